The number of imide groups is 2. The number of amides is 4. The Hall–Kier alpha value is -3.94. The molecule has 2 aromatic rings. The van der Waals surface area contributed by atoms with E-state index in [4.69, 9.17) is 4.74 Å². The molecule has 2 heterocycles. The number of ether oxygens (including phenoxy) is 1. The number of hydrogen-bond donors (Lipinski definition) is 1. The first-order valence-corrected chi connectivity index (χ1v) is 13.6. The first-order valence-electron chi connectivity index (χ1n) is 13.6. The molecule has 2 aliphatic heterocycles. The van der Waals surface area contributed by atoms with E-state index in [1.54, 1.807) is 49.4 Å². The predicted octanol–water partition coefficient (Wildman–Crippen LogP) is 4.04. The summed E-state index contributed by atoms with van der Waals surface area (Å²) in [6, 6.07) is 14.0. The van der Waals surface area contributed by atoms with Crippen LogP contribution in [0.15, 0.2) is 60.2 Å². The van der Waals surface area contributed by atoms with Crippen molar-refractivity contribution in [2.75, 3.05) is 18.6 Å². The minimum atomic E-state index is -1.21. The third kappa shape index (κ3) is 3.36. The van der Waals surface area contributed by atoms with E-state index in [1.165, 1.54) is 16.9 Å². The van der Waals surface area contributed by atoms with Crippen molar-refractivity contribution in [3.63, 3.8) is 0 Å². The maximum Gasteiger partial charge on any atom is 0.241 e. The molecule has 8 heteroatoms. The van der Waals surface area contributed by atoms with Crippen molar-refractivity contribution < 1.29 is 29.0 Å². The van der Waals surface area contributed by atoms with Crippen molar-refractivity contribution in [3.05, 3.63) is 65.7 Å². The van der Waals surface area contributed by atoms with E-state index in [1.807, 2.05) is 19.1 Å². The lowest BCUT2D eigenvalue weighted by Crippen LogP contribution is -2.48. The number of likely N-dealkylation sites (tertiary alicyclic amines) is 1. The van der Waals surface area contributed by atoms with E-state index in [-0.39, 0.29) is 41.5 Å². The number of allylic oxidation sites excluding steroid dienone is 2. The van der Waals surface area contributed by atoms with Crippen molar-refractivity contribution in [3.8, 4) is 11.5 Å². The van der Waals surface area contributed by atoms with Gasteiger partial charge in [-0.25, -0.2) is 4.90 Å². The molecule has 3 fully saturated rings. The zero-order valence-electron chi connectivity index (χ0n) is 22.3. The van der Waals surface area contributed by atoms with E-state index in [9.17, 15) is 24.3 Å². The Labute approximate surface area is 227 Å². The van der Waals surface area contributed by atoms with Gasteiger partial charge in [0.05, 0.1) is 36.0 Å². The molecule has 8 nitrogen and oxygen atoms in total. The summed E-state index contributed by atoms with van der Waals surface area (Å²) in [5.74, 6) is -3.69. The average molecular weight is 529 g/mol. The quantitative estimate of drug-likeness (QED) is 0.464. The number of phenols is 1. The van der Waals surface area contributed by atoms with Gasteiger partial charge in [-0.3, -0.25) is 24.1 Å². The number of phenolic OH excluding ortho intramolecular Hbond substituents is 1. The predicted molar refractivity (Wildman–Crippen MR) is 143 cm³/mol. The fraction of sp³-hybridized carbons (Fsp3) is 0.419. The van der Waals surface area contributed by atoms with Crippen LogP contribution in [0.1, 0.15) is 44.6 Å². The second-order valence-electron chi connectivity index (χ2n) is 11.2. The minimum Gasteiger partial charge on any atom is -0.504 e. The van der Waals surface area contributed by atoms with Crippen LogP contribution in [0.5, 0.6) is 11.5 Å². The average Bonchev–Trinajstić information content (AvgIpc) is 3.29. The second-order valence-corrected chi connectivity index (χ2v) is 11.2. The molecule has 39 heavy (non-hydrogen) atoms. The molecule has 0 spiro atoms. The van der Waals surface area contributed by atoms with E-state index in [0.717, 1.165) is 5.57 Å². The highest BCUT2D eigenvalue weighted by atomic mass is 16.5. The lowest BCUT2D eigenvalue weighted by molar-refractivity contribution is -0.140. The van der Waals surface area contributed by atoms with Gasteiger partial charge in [-0.1, -0.05) is 48.9 Å². The third-order valence-corrected chi connectivity index (χ3v) is 9.39. The highest BCUT2D eigenvalue weighted by Gasteiger charge is 2.67. The number of carbonyl (C=O) groups is 4. The van der Waals surface area contributed by atoms with Gasteiger partial charge in [-0.15, -0.1) is 0 Å². The van der Waals surface area contributed by atoms with Crippen molar-refractivity contribution >= 4 is 29.3 Å². The summed E-state index contributed by atoms with van der Waals surface area (Å²) < 4.78 is 5.40. The fourth-order valence-corrected chi connectivity index (χ4v) is 7.63. The summed E-state index contributed by atoms with van der Waals surface area (Å²) in [5, 5.41) is 11.3. The molecule has 1 saturated carbocycles. The number of carbonyl (C=O) groups excluding carboxylic acids is 4. The molecular weight excluding hydrogens is 496 g/mol. The second kappa shape index (κ2) is 9.07. The van der Waals surface area contributed by atoms with Crippen molar-refractivity contribution in [2.45, 2.75) is 39.0 Å². The molecule has 6 atom stereocenters. The molecule has 2 saturated heterocycles. The van der Waals surface area contributed by atoms with Gasteiger partial charge in [-0.2, -0.15) is 0 Å². The van der Waals surface area contributed by atoms with E-state index in [2.05, 4.69) is 0 Å². The maximum absolute atomic E-state index is 14.3. The van der Waals surface area contributed by atoms with Gasteiger partial charge < -0.3 is 9.84 Å². The number of fused-ring (bicyclic) bond motifs is 4. The zero-order valence-corrected chi connectivity index (χ0v) is 22.3. The lowest BCUT2D eigenvalue weighted by atomic mass is 9.51. The molecule has 4 aliphatic rings. The van der Waals surface area contributed by atoms with Crippen molar-refractivity contribution in [2.24, 2.45) is 29.1 Å². The molecular formula is C31H32N2O6. The minimum absolute atomic E-state index is 0.0894. The molecule has 4 amide bonds. The van der Waals surface area contributed by atoms with Crippen LogP contribution in [0.2, 0.25) is 0 Å². The normalized spacial score (nSPS) is 31.7. The number of methoxy groups -OCH3 is 1. The highest BCUT2D eigenvalue weighted by molar-refractivity contribution is 6.24. The number of rotatable bonds is 5. The summed E-state index contributed by atoms with van der Waals surface area (Å²) >= 11 is 0. The first-order chi connectivity index (χ1) is 18.7. The number of hydrogen-bond acceptors (Lipinski definition) is 6. The molecule has 1 N–H and O–H groups in total. The largest absolute Gasteiger partial charge is 0.504 e. The fourth-order valence-electron chi connectivity index (χ4n) is 7.63. The van der Waals surface area contributed by atoms with Crippen LogP contribution in [0.3, 0.4) is 0 Å². The Morgan fingerprint density at radius 1 is 0.974 bits per heavy atom. The Balaban J connectivity index is 1.54. The number of para-hydroxylation sites is 2. The summed E-state index contributed by atoms with van der Waals surface area (Å²) in [6.45, 7) is 4.10. The van der Waals surface area contributed by atoms with Gasteiger partial charge in [0.1, 0.15) is 0 Å². The number of benzene rings is 2. The standard InChI is InChI=1S/C31H32N2O6/c1-4-15-32-27(35)19-14-13-18-21(24(19)29(32)37)16-22-28(36)33(17-9-6-5-7-10-17)30(38)31(22,2)25(18)20-11-8-12-23(39-3)26(20)34/h5-13,19,21-22,24-25,34H,4,14-16H2,1-3H3/t19-,21+,22-,24-,25+,31+/m0/s1. The van der Waals surface area contributed by atoms with Gasteiger partial charge >= 0.3 is 0 Å². The Morgan fingerprint density at radius 2 is 1.72 bits per heavy atom. The van der Waals surface area contributed by atoms with E-state index < -0.39 is 35.0 Å². The van der Waals surface area contributed by atoms with Crippen LogP contribution in [0.4, 0.5) is 5.69 Å². The number of aromatic hydroxyl groups is 1. The number of anilines is 1. The van der Waals surface area contributed by atoms with Gasteiger partial charge in [0.2, 0.25) is 23.6 Å². The monoisotopic (exact) mass is 528 g/mol. The van der Waals surface area contributed by atoms with Gasteiger partial charge in [0.15, 0.2) is 11.5 Å². The van der Waals surface area contributed by atoms with Crippen LogP contribution >= 0.6 is 0 Å². The van der Waals surface area contributed by atoms with Crippen molar-refractivity contribution in [1.29, 1.82) is 0 Å². The SMILES string of the molecule is CCCN1C(=O)[C@H]2[C@H](CC=C3[C@H]2C[C@H]2C(=O)N(c4ccccc4)C(=O)[C@@]2(C)[C@H]3c2cccc(OC)c2O)C1=O. The lowest BCUT2D eigenvalue weighted by Gasteiger charge is -2.49. The van der Waals surface area contributed by atoms with Gasteiger partial charge in [0.25, 0.3) is 0 Å². The van der Waals surface area contributed by atoms with Crippen LogP contribution in [0.25, 0.3) is 0 Å². The molecule has 2 aromatic carbocycles. The van der Waals surface area contributed by atoms with E-state index in [0.29, 0.717) is 30.6 Å². The van der Waals surface area contributed by atoms with Crippen molar-refractivity contribution in [1.82, 2.24) is 4.90 Å². The third-order valence-electron chi connectivity index (χ3n) is 9.39. The highest BCUT2D eigenvalue weighted by Crippen LogP contribution is 2.64. The summed E-state index contributed by atoms with van der Waals surface area (Å²) in [7, 11) is 1.46. The first kappa shape index (κ1) is 25.3. The summed E-state index contributed by atoms with van der Waals surface area (Å²) in [5.41, 5.74) is 0.608. The maximum atomic E-state index is 14.3. The van der Waals surface area contributed by atoms with E-state index >= 15 is 0 Å². The Morgan fingerprint density at radius 3 is 2.41 bits per heavy atom. The van der Waals surface area contributed by atoms with Crippen LogP contribution in [0, 0.1) is 29.1 Å². The summed E-state index contributed by atoms with van der Waals surface area (Å²) in [4.78, 5) is 57.9. The number of nitrogens with zero attached hydrogens (tertiary/aromatic N) is 2. The molecule has 0 unspecified atom stereocenters. The van der Waals surface area contributed by atoms with Gasteiger partial charge in [-0.05, 0) is 50.3 Å². The zero-order chi connectivity index (χ0) is 27.6. The smallest absolute Gasteiger partial charge is 0.241 e. The molecule has 2 aliphatic carbocycles. The summed E-state index contributed by atoms with van der Waals surface area (Å²) in [6.07, 6.45) is 3.33. The Kier molecular flexibility index (Phi) is 5.90. The molecule has 0 bridgehead atoms. The van der Waals surface area contributed by atoms with Gasteiger partial charge in [0, 0.05) is 18.0 Å². The topological polar surface area (TPSA) is 104 Å². The molecule has 6 rings (SSSR count). The molecule has 0 radical (unpaired) electrons. The van der Waals surface area contributed by atoms with Crippen LogP contribution in [-0.2, 0) is 19.2 Å². The van der Waals surface area contributed by atoms with Crippen LogP contribution in [-0.4, -0.2) is 47.3 Å². The molecule has 0 aromatic heterocycles. The van der Waals surface area contributed by atoms with Crippen LogP contribution < -0.4 is 9.64 Å². The molecule has 202 valence electrons. The Bertz CT molecular complexity index is 1420.